The van der Waals surface area contributed by atoms with Gasteiger partial charge < -0.3 is 5.32 Å². The van der Waals surface area contributed by atoms with Gasteiger partial charge in [-0.25, -0.2) is 0 Å². The van der Waals surface area contributed by atoms with Crippen molar-refractivity contribution in [2.24, 2.45) is 5.41 Å². The molecule has 0 radical (unpaired) electrons. The van der Waals surface area contributed by atoms with E-state index in [4.69, 9.17) is 0 Å². The smallest absolute Gasteiger partial charge is 0.000829 e. The minimum absolute atomic E-state index is 0.762. The van der Waals surface area contributed by atoms with Gasteiger partial charge in [0.05, 0.1) is 0 Å². The average molecular weight is 169 g/mol. The summed E-state index contributed by atoms with van der Waals surface area (Å²) in [5, 5.41) is 3.48. The Morgan fingerprint density at radius 1 is 0.917 bits per heavy atom. The summed E-state index contributed by atoms with van der Waals surface area (Å²) in [6, 6.07) is 0. The second-order valence-corrected chi connectivity index (χ2v) is 3.99. The van der Waals surface area contributed by atoms with E-state index in [0.717, 1.165) is 5.41 Å². The summed E-state index contributed by atoms with van der Waals surface area (Å²) in [5.41, 5.74) is 0.762. The van der Waals surface area contributed by atoms with Gasteiger partial charge in [-0.3, -0.25) is 0 Å². The Morgan fingerprint density at radius 2 is 1.58 bits per heavy atom. The summed E-state index contributed by atoms with van der Waals surface area (Å²) in [6.45, 7) is 6.59. The van der Waals surface area contributed by atoms with Crippen LogP contribution in [0.5, 0.6) is 0 Å². The summed E-state index contributed by atoms with van der Waals surface area (Å²) in [7, 11) is 0. The van der Waals surface area contributed by atoms with Crippen molar-refractivity contribution in [3.8, 4) is 0 Å². The fraction of sp³-hybridized carbons (Fsp3) is 1.00. The summed E-state index contributed by atoms with van der Waals surface area (Å²) in [5.74, 6) is 0. The lowest BCUT2D eigenvalue weighted by atomic mass is 9.74. The molecule has 1 N–H and O–H groups in total. The molecule has 1 spiro atoms. The highest BCUT2D eigenvalue weighted by Crippen LogP contribution is 2.40. The normalized spacial score (nSPS) is 26.5. The average Bonchev–Trinajstić information content (AvgIpc) is 2.58. The Hall–Kier alpha value is -0.0400. The van der Waals surface area contributed by atoms with Gasteiger partial charge in [-0.2, -0.15) is 0 Å². The second kappa shape index (κ2) is 4.86. The monoisotopic (exact) mass is 169 g/mol. The molecule has 0 bridgehead atoms. The van der Waals surface area contributed by atoms with E-state index in [9.17, 15) is 0 Å². The Morgan fingerprint density at radius 3 is 2.08 bits per heavy atom. The van der Waals surface area contributed by atoms with Crippen molar-refractivity contribution in [2.75, 3.05) is 13.1 Å². The van der Waals surface area contributed by atoms with Gasteiger partial charge in [0.1, 0.15) is 0 Å². The van der Waals surface area contributed by atoms with E-state index in [2.05, 4.69) is 5.32 Å². The Bertz CT molecular complexity index is 106. The fourth-order valence-corrected chi connectivity index (χ4v) is 2.52. The standard InChI is InChI=1S/C9H17N.C2H6/c1-2-4-9(5-3-1)6-7-10-8-9;1-2/h10H,1-8H2;1-2H3. The molecule has 2 aliphatic rings. The third-order valence-corrected chi connectivity index (χ3v) is 3.25. The lowest BCUT2D eigenvalue weighted by Crippen LogP contribution is -2.26. The number of hydrogen-bond donors (Lipinski definition) is 1. The van der Waals surface area contributed by atoms with Gasteiger partial charge in [0, 0.05) is 6.54 Å². The van der Waals surface area contributed by atoms with Crippen LogP contribution in [0.25, 0.3) is 0 Å². The van der Waals surface area contributed by atoms with Crippen LogP contribution in [-0.2, 0) is 0 Å². The van der Waals surface area contributed by atoms with Crippen molar-refractivity contribution in [3.63, 3.8) is 0 Å². The van der Waals surface area contributed by atoms with Crippen LogP contribution in [0.4, 0.5) is 0 Å². The maximum absolute atomic E-state index is 3.48. The van der Waals surface area contributed by atoms with Gasteiger partial charge in [-0.15, -0.1) is 0 Å². The zero-order chi connectivity index (χ0) is 8.86. The van der Waals surface area contributed by atoms with Crippen LogP contribution in [0.2, 0.25) is 0 Å². The molecular weight excluding hydrogens is 146 g/mol. The van der Waals surface area contributed by atoms with Gasteiger partial charge >= 0.3 is 0 Å². The first-order chi connectivity index (χ1) is 5.91. The van der Waals surface area contributed by atoms with Crippen LogP contribution in [0.15, 0.2) is 0 Å². The van der Waals surface area contributed by atoms with E-state index in [1.165, 1.54) is 51.6 Å². The van der Waals surface area contributed by atoms with Crippen LogP contribution < -0.4 is 5.32 Å². The largest absolute Gasteiger partial charge is 0.316 e. The van der Waals surface area contributed by atoms with E-state index in [-0.39, 0.29) is 0 Å². The van der Waals surface area contributed by atoms with Gasteiger partial charge in [0.15, 0.2) is 0 Å². The first-order valence-corrected chi connectivity index (χ1v) is 5.62. The topological polar surface area (TPSA) is 12.0 Å². The Balaban J connectivity index is 0.000000336. The van der Waals surface area contributed by atoms with Crippen molar-refractivity contribution >= 4 is 0 Å². The van der Waals surface area contributed by atoms with Crippen LogP contribution in [-0.4, -0.2) is 13.1 Å². The minimum Gasteiger partial charge on any atom is -0.316 e. The first kappa shape index (κ1) is 10.0. The van der Waals surface area contributed by atoms with Crippen molar-refractivity contribution in [3.05, 3.63) is 0 Å². The van der Waals surface area contributed by atoms with E-state index in [0.29, 0.717) is 0 Å². The Kier molecular flexibility index (Phi) is 4.07. The van der Waals surface area contributed by atoms with E-state index < -0.39 is 0 Å². The highest BCUT2D eigenvalue weighted by Gasteiger charge is 2.34. The Labute approximate surface area is 76.9 Å². The second-order valence-electron chi connectivity index (χ2n) is 3.99. The molecular formula is C11H23N. The zero-order valence-corrected chi connectivity index (χ0v) is 8.66. The van der Waals surface area contributed by atoms with Crippen molar-refractivity contribution in [1.29, 1.82) is 0 Å². The van der Waals surface area contributed by atoms with Crippen LogP contribution >= 0.6 is 0 Å². The third kappa shape index (κ3) is 2.22. The summed E-state index contributed by atoms with van der Waals surface area (Å²) < 4.78 is 0. The predicted octanol–water partition coefficient (Wildman–Crippen LogP) is 2.96. The highest BCUT2D eigenvalue weighted by molar-refractivity contribution is 4.89. The number of rotatable bonds is 0. The molecule has 1 nitrogen and oxygen atoms in total. The molecule has 0 atom stereocenters. The molecule has 0 unspecified atom stereocenters. The number of nitrogens with one attached hydrogen (secondary N) is 1. The maximum Gasteiger partial charge on any atom is 0.000829 e. The van der Waals surface area contributed by atoms with Crippen LogP contribution in [0.3, 0.4) is 0 Å². The lowest BCUT2D eigenvalue weighted by molar-refractivity contribution is 0.216. The maximum atomic E-state index is 3.48. The van der Waals surface area contributed by atoms with Gasteiger partial charge in [0.2, 0.25) is 0 Å². The molecule has 0 aromatic rings. The molecule has 2 fully saturated rings. The molecule has 0 aromatic carbocycles. The van der Waals surface area contributed by atoms with Crippen molar-refractivity contribution in [2.45, 2.75) is 52.4 Å². The fourth-order valence-electron chi connectivity index (χ4n) is 2.52. The minimum atomic E-state index is 0.762. The SMILES string of the molecule is C1CCC2(CC1)CCNC2.CC. The molecule has 1 aliphatic heterocycles. The molecule has 1 aliphatic carbocycles. The predicted molar refractivity (Wildman–Crippen MR) is 54.4 cm³/mol. The van der Waals surface area contributed by atoms with E-state index in [1.807, 2.05) is 13.8 Å². The summed E-state index contributed by atoms with van der Waals surface area (Å²) in [4.78, 5) is 0. The van der Waals surface area contributed by atoms with Gasteiger partial charge in [-0.05, 0) is 31.2 Å². The van der Waals surface area contributed by atoms with Gasteiger partial charge in [-0.1, -0.05) is 33.1 Å². The molecule has 0 aromatic heterocycles. The van der Waals surface area contributed by atoms with E-state index >= 15 is 0 Å². The molecule has 1 saturated carbocycles. The third-order valence-electron chi connectivity index (χ3n) is 3.25. The van der Waals surface area contributed by atoms with Crippen LogP contribution in [0.1, 0.15) is 52.4 Å². The quantitative estimate of drug-likeness (QED) is 0.588. The van der Waals surface area contributed by atoms with E-state index in [1.54, 1.807) is 0 Å². The molecule has 1 heterocycles. The first-order valence-electron chi connectivity index (χ1n) is 5.62. The van der Waals surface area contributed by atoms with Crippen molar-refractivity contribution in [1.82, 2.24) is 5.32 Å². The summed E-state index contributed by atoms with van der Waals surface area (Å²) in [6.07, 6.45) is 8.91. The molecule has 72 valence electrons. The van der Waals surface area contributed by atoms with Crippen molar-refractivity contribution < 1.29 is 0 Å². The molecule has 2 rings (SSSR count). The molecule has 1 saturated heterocycles. The van der Waals surface area contributed by atoms with Gasteiger partial charge in [0.25, 0.3) is 0 Å². The molecule has 12 heavy (non-hydrogen) atoms. The van der Waals surface area contributed by atoms with Crippen LogP contribution in [0, 0.1) is 5.41 Å². The lowest BCUT2D eigenvalue weighted by Gasteiger charge is -2.32. The highest BCUT2D eigenvalue weighted by atomic mass is 14.9. The summed E-state index contributed by atoms with van der Waals surface area (Å²) >= 11 is 0. The zero-order valence-electron chi connectivity index (χ0n) is 8.66. The number of hydrogen-bond acceptors (Lipinski definition) is 1. The molecule has 1 heteroatoms. The molecule has 0 amide bonds.